The third kappa shape index (κ3) is 5.02. The predicted molar refractivity (Wildman–Crippen MR) is 75.1 cm³/mol. The van der Waals surface area contributed by atoms with E-state index in [2.05, 4.69) is 0 Å². The summed E-state index contributed by atoms with van der Waals surface area (Å²) in [5.74, 6) is -7.40. The summed E-state index contributed by atoms with van der Waals surface area (Å²) in [4.78, 5) is 11.5. The molecule has 0 radical (unpaired) electrons. The van der Waals surface area contributed by atoms with Gasteiger partial charge >= 0.3 is 18.0 Å². The van der Waals surface area contributed by atoms with Gasteiger partial charge in [-0.2, -0.15) is 22.0 Å². The summed E-state index contributed by atoms with van der Waals surface area (Å²) in [5.41, 5.74) is -1.86. The molecule has 0 aliphatic heterocycles. The number of carbonyl (C=O) groups excluding carboxylic acids is 1. The number of alkyl halides is 5. The zero-order valence-electron chi connectivity index (χ0n) is 14.0. The van der Waals surface area contributed by atoms with Gasteiger partial charge in [0.15, 0.2) is 0 Å². The van der Waals surface area contributed by atoms with Gasteiger partial charge in [-0.05, 0) is 38.0 Å². The van der Waals surface area contributed by atoms with Gasteiger partial charge in [-0.25, -0.2) is 0 Å². The quantitative estimate of drug-likeness (QED) is 0.741. The Kier molecular flexibility index (Phi) is 5.41. The summed E-state index contributed by atoms with van der Waals surface area (Å²) < 4.78 is 69.2. The maximum atomic E-state index is 13.2. The van der Waals surface area contributed by atoms with E-state index in [0.717, 1.165) is 12.8 Å². The van der Waals surface area contributed by atoms with E-state index in [9.17, 15) is 26.7 Å². The third-order valence-corrected chi connectivity index (χ3v) is 3.87. The van der Waals surface area contributed by atoms with Crippen LogP contribution in [0.2, 0.25) is 0 Å². The highest BCUT2D eigenvalue weighted by atomic mass is 19.4. The van der Waals surface area contributed by atoms with E-state index in [1.807, 2.05) is 5.32 Å². The fourth-order valence-electron chi connectivity index (χ4n) is 2.48. The molecule has 0 heterocycles. The molecule has 0 aromatic carbocycles. The first-order chi connectivity index (χ1) is 10.1. The molecule has 3 nitrogen and oxygen atoms in total. The molecule has 1 rings (SSSR count). The smallest absolute Gasteiger partial charge is 0.373 e. The standard InChI is InChI=1S/C15H24F5NO2/c1-12(2,3)10(13(4,5)23-8-9-6-7-9)21-11(22)14(16,17)15(18,19)20/h9-10H,6-8H2,1-5H3,(H,21,22). The minimum atomic E-state index is -5.93. The average Bonchev–Trinajstić information content (AvgIpc) is 3.14. The lowest BCUT2D eigenvalue weighted by atomic mass is 9.77. The van der Waals surface area contributed by atoms with Crippen molar-refractivity contribution in [1.82, 2.24) is 5.32 Å². The first-order valence-corrected chi connectivity index (χ1v) is 7.48. The molecule has 1 aliphatic carbocycles. The van der Waals surface area contributed by atoms with Crippen LogP contribution in [0.15, 0.2) is 0 Å². The van der Waals surface area contributed by atoms with Crippen molar-refractivity contribution in [2.75, 3.05) is 6.61 Å². The normalized spacial score (nSPS) is 18.7. The molecule has 1 aliphatic rings. The van der Waals surface area contributed by atoms with Crippen LogP contribution < -0.4 is 5.32 Å². The van der Waals surface area contributed by atoms with E-state index < -0.39 is 35.1 Å². The number of ether oxygens (including phenoxy) is 1. The second-order valence-electron chi connectivity index (χ2n) is 7.70. The van der Waals surface area contributed by atoms with Crippen molar-refractivity contribution in [3.05, 3.63) is 0 Å². The van der Waals surface area contributed by atoms with Crippen LogP contribution in [0.1, 0.15) is 47.5 Å². The number of halogens is 5. The third-order valence-electron chi connectivity index (χ3n) is 3.87. The molecular weight excluding hydrogens is 321 g/mol. The number of nitrogens with one attached hydrogen (secondary N) is 1. The van der Waals surface area contributed by atoms with Crippen LogP contribution in [-0.4, -0.2) is 36.3 Å². The Morgan fingerprint density at radius 2 is 1.57 bits per heavy atom. The molecule has 0 aromatic heterocycles. The van der Waals surface area contributed by atoms with Crippen molar-refractivity contribution in [3.63, 3.8) is 0 Å². The van der Waals surface area contributed by atoms with Crippen LogP contribution in [0.3, 0.4) is 0 Å². The molecule has 0 bridgehead atoms. The lowest BCUT2D eigenvalue weighted by Gasteiger charge is -2.43. The molecule has 1 amide bonds. The van der Waals surface area contributed by atoms with Crippen LogP contribution in [0.5, 0.6) is 0 Å². The minimum absolute atomic E-state index is 0.391. The van der Waals surface area contributed by atoms with Gasteiger partial charge in [-0.15, -0.1) is 0 Å². The fourth-order valence-corrected chi connectivity index (χ4v) is 2.48. The van der Waals surface area contributed by atoms with E-state index in [1.165, 1.54) is 0 Å². The molecule has 1 fully saturated rings. The van der Waals surface area contributed by atoms with Crippen molar-refractivity contribution in [3.8, 4) is 0 Å². The molecule has 136 valence electrons. The molecule has 1 saturated carbocycles. The van der Waals surface area contributed by atoms with Crippen molar-refractivity contribution < 1.29 is 31.5 Å². The molecule has 0 aromatic rings. The summed E-state index contributed by atoms with van der Waals surface area (Å²) in [7, 11) is 0. The molecule has 0 saturated heterocycles. The zero-order chi connectivity index (χ0) is 18.3. The highest BCUT2D eigenvalue weighted by molar-refractivity contribution is 5.84. The Bertz CT molecular complexity index is 436. The summed E-state index contributed by atoms with van der Waals surface area (Å²) >= 11 is 0. The molecule has 8 heteroatoms. The first-order valence-electron chi connectivity index (χ1n) is 7.48. The Morgan fingerprint density at radius 1 is 1.09 bits per heavy atom. The molecule has 1 unspecified atom stereocenters. The predicted octanol–water partition coefficient (Wildman–Crippen LogP) is 3.92. The van der Waals surface area contributed by atoms with Crippen molar-refractivity contribution in [2.24, 2.45) is 11.3 Å². The Morgan fingerprint density at radius 3 is 1.91 bits per heavy atom. The number of rotatable bonds is 6. The van der Waals surface area contributed by atoms with Crippen LogP contribution in [0, 0.1) is 11.3 Å². The van der Waals surface area contributed by atoms with Crippen LogP contribution in [0.25, 0.3) is 0 Å². The van der Waals surface area contributed by atoms with Gasteiger partial charge in [-0.1, -0.05) is 20.8 Å². The minimum Gasteiger partial charge on any atom is -0.373 e. The van der Waals surface area contributed by atoms with Crippen molar-refractivity contribution >= 4 is 5.91 Å². The lowest BCUT2D eigenvalue weighted by molar-refractivity contribution is -0.270. The highest BCUT2D eigenvalue weighted by Crippen LogP contribution is 2.38. The summed E-state index contributed by atoms with van der Waals surface area (Å²) in [6.07, 6.45) is -3.91. The summed E-state index contributed by atoms with van der Waals surface area (Å²) in [6.45, 7) is 8.49. The maximum absolute atomic E-state index is 13.2. The Hall–Kier alpha value is -0.920. The van der Waals surface area contributed by atoms with E-state index in [-0.39, 0.29) is 0 Å². The van der Waals surface area contributed by atoms with E-state index in [1.54, 1.807) is 34.6 Å². The van der Waals surface area contributed by atoms with Crippen LogP contribution in [0.4, 0.5) is 22.0 Å². The fraction of sp³-hybridized carbons (Fsp3) is 0.933. The van der Waals surface area contributed by atoms with Gasteiger partial charge in [0.25, 0.3) is 0 Å². The second-order valence-corrected chi connectivity index (χ2v) is 7.70. The highest BCUT2D eigenvalue weighted by Gasteiger charge is 2.64. The zero-order valence-corrected chi connectivity index (χ0v) is 14.0. The summed E-state index contributed by atoms with van der Waals surface area (Å²) in [6, 6.07) is -1.02. The van der Waals surface area contributed by atoms with Crippen LogP contribution in [-0.2, 0) is 9.53 Å². The number of carbonyl (C=O) groups is 1. The van der Waals surface area contributed by atoms with Gasteiger partial charge in [0, 0.05) is 0 Å². The SMILES string of the molecule is CC(C)(C)C(NC(=O)C(F)(F)C(F)(F)F)C(C)(C)OCC1CC1. The largest absolute Gasteiger partial charge is 0.463 e. The van der Waals surface area contributed by atoms with Gasteiger partial charge < -0.3 is 10.1 Å². The van der Waals surface area contributed by atoms with Crippen LogP contribution >= 0.6 is 0 Å². The van der Waals surface area contributed by atoms with E-state index in [0.29, 0.717) is 12.5 Å². The average molecular weight is 345 g/mol. The summed E-state index contributed by atoms with van der Waals surface area (Å²) in [5, 5.41) is 1.85. The number of hydrogen-bond acceptors (Lipinski definition) is 2. The van der Waals surface area contributed by atoms with Crippen molar-refractivity contribution in [1.29, 1.82) is 0 Å². The van der Waals surface area contributed by atoms with Crippen molar-refractivity contribution in [2.45, 2.75) is 71.2 Å². The lowest BCUT2D eigenvalue weighted by Crippen LogP contribution is -2.62. The maximum Gasteiger partial charge on any atom is 0.463 e. The molecule has 1 atom stereocenters. The number of hydrogen-bond donors (Lipinski definition) is 1. The van der Waals surface area contributed by atoms with E-state index in [4.69, 9.17) is 4.74 Å². The molecule has 1 N–H and O–H groups in total. The van der Waals surface area contributed by atoms with Gasteiger partial charge in [0.05, 0.1) is 18.2 Å². The Balaban J connectivity index is 2.92. The monoisotopic (exact) mass is 345 g/mol. The van der Waals surface area contributed by atoms with Gasteiger partial charge in [0.2, 0.25) is 0 Å². The van der Waals surface area contributed by atoms with Gasteiger partial charge in [-0.3, -0.25) is 4.79 Å². The number of amides is 1. The van der Waals surface area contributed by atoms with E-state index >= 15 is 0 Å². The Labute approximate surface area is 132 Å². The first kappa shape index (κ1) is 20.1. The second kappa shape index (κ2) is 6.18. The molecule has 0 spiro atoms. The molecule has 23 heavy (non-hydrogen) atoms. The molecular formula is C15H24F5NO2. The van der Waals surface area contributed by atoms with Gasteiger partial charge in [0.1, 0.15) is 0 Å². The topological polar surface area (TPSA) is 38.3 Å².